The summed E-state index contributed by atoms with van der Waals surface area (Å²) in [5.74, 6) is 4.78. The molecule has 0 aromatic heterocycles. The Balaban J connectivity index is 1.58. The van der Waals surface area contributed by atoms with Gasteiger partial charge >= 0.3 is 0 Å². The van der Waals surface area contributed by atoms with E-state index in [2.05, 4.69) is 40.7 Å². The molecule has 4 rings (SSSR count). The van der Waals surface area contributed by atoms with E-state index in [-0.39, 0.29) is 0 Å². The molecule has 4 aliphatic carbocycles. The Bertz CT molecular complexity index is 550. The van der Waals surface area contributed by atoms with Gasteiger partial charge in [-0.1, -0.05) is 45.8 Å². The van der Waals surface area contributed by atoms with Gasteiger partial charge in [0.1, 0.15) is 0 Å². The normalized spacial score (nSPS) is 49.0. The zero-order chi connectivity index (χ0) is 18.5. The SMILES string of the molecule is CCO[C@H]1CC[C@@]2(C)C(=CC[C@H]3[C@@H]4CC[C@H]([C@@H](C)CC)[C@@]4(C)CC[C@@H]32)C1. The van der Waals surface area contributed by atoms with Gasteiger partial charge < -0.3 is 4.74 Å². The second-order valence-electron chi connectivity index (χ2n) is 10.7. The van der Waals surface area contributed by atoms with Crippen LogP contribution < -0.4 is 0 Å². The van der Waals surface area contributed by atoms with Crippen LogP contribution in [0.1, 0.15) is 92.4 Å². The summed E-state index contributed by atoms with van der Waals surface area (Å²) in [7, 11) is 0. The number of fused-ring (bicyclic) bond motifs is 5. The number of allylic oxidation sites excluding steroid dienone is 1. The second-order valence-corrected chi connectivity index (χ2v) is 10.7. The third-order valence-electron chi connectivity index (χ3n) is 9.87. The summed E-state index contributed by atoms with van der Waals surface area (Å²) >= 11 is 0. The molecule has 8 atom stereocenters. The van der Waals surface area contributed by atoms with Crippen molar-refractivity contribution in [3.05, 3.63) is 11.6 Å². The van der Waals surface area contributed by atoms with Crippen molar-refractivity contribution < 1.29 is 4.74 Å². The van der Waals surface area contributed by atoms with Crippen molar-refractivity contribution in [2.45, 2.75) is 98.5 Å². The second kappa shape index (κ2) is 6.94. The van der Waals surface area contributed by atoms with Crippen molar-refractivity contribution in [2.75, 3.05) is 6.61 Å². The van der Waals surface area contributed by atoms with Gasteiger partial charge in [0.25, 0.3) is 0 Å². The lowest BCUT2D eigenvalue weighted by molar-refractivity contribution is -0.0627. The molecule has 0 bridgehead atoms. The van der Waals surface area contributed by atoms with Crippen molar-refractivity contribution in [3.8, 4) is 0 Å². The van der Waals surface area contributed by atoms with Crippen LogP contribution in [0.5, 0.6) is 0 Å². The van der Waals surface area contributed by atoms with Gasteiger partial charge in [0.15, 0.2) is 0 Å². The summed E-state index contributed by atoms with van der Waals surface area (Å²) in [6, 6.07) is 0. The summed E-state index contributed by atoms with van der Waals surface area (Å²) in [4.78, 5) is 0. The first kappa shape index (κ1) is 19.0. The molecule has 1 nitrogen and oxygen atoms in total. The highest BCUT2D eigenvalue weighted by molar-refractivity contribution is 5.25. The average molecular weight is 359 g/mol. The molecule has 0 saturated heterocycles. The van der Waals surface area contributed by atoms with Gasteiger partial charge in [-0.3, -0.25) is 0 Å². The Hall–Kier alpha value is -0.300. The molecule has 0 aliphatic heterocycles. The molecule has 26 heavy (non-hydrogen) atoms. The van der Waals surface area contributed by atoms with Crippen LogP contribution in [0.15, 0.2) is 11.6 Å². The van der Waals surface area contributed by atoms with Crippen LogP contribution in [0.3, 0.4) is 0 Å². The van der Waals surface area contributed by atoms with Crippen LogP contribution in [-0.4, -0.2) is 12.7 Å². The van der Waals surface area contributed by atoms with Gasteiger partial charge in [0, 0.05) is 6.61 Å². The van der Waals surface area contributed by atoms with E-state index >= 15 is 0 Å². The third kappa shape index (κ3) is 2.75. The fourth-order valence-electron chi connectivity index (χ4n) is 8.27. The van der Waals surface area contributed by atoms with Gasteiger partial charge in [-0.25, -0.2) is 0 Å². The first-order valence-electron chi connectivity index (χ1n) is 11.7. The molecule has 1 heteroatoms. The summed E-state index contributed by atoms with van der Waals surface area (Å²) in [5, 5.41) is 0. The molecule has 3 fully saturated rings. The molecule has 0 spiro atoms. The monoisotopic (exact) mass is 358 g/mol. The van der Waals surface area contributed by atoms with E-state index in [0.29, 0.717) is 16.9 Å². The highest BCUT2D eigenvalue weighted by Crippen LogP contribution is 2.67. The van der Waals surface area contributed by atoms with Gasteiger partial charge in [0.05, 0.1) is 6.10 Å². The molecular formula is C25H42O. The van der Waals surface area contributed by atoms with Crippen molar-refractivity contribution in [1.82, 2.24) is 0 Å². The van der Waals surface area contributed by atoms with Crippen LogP contribution >= 0.6 is 0 Å². The van der Waals surface area contributed by atoms with Crippen molar-refractivity contribution in [2.24, 2.45) is 40.4 Å². The lowest BCUT2D eigenvalue weighted by Gasteiger charge is -2.58. The Morgan fingerprint density at radius 1 is 1.08 bits per heavy atom. The van der Waals surface area contributed by atoms with E-state index in [9.17, 15) is 0 Å². The fourth-order valence-corrected chi connectivity index (χ4v) is 8.27. The molecule has 3 saturated carbocycles. The maximum absolute atomic E-state index is 6.01. The van der Waals surface area contributed by atoms with E-state index in [1.54, 1.807) is 5.57 Å². The standard InChI is InChI=1S/C25H42O/c1-6-17(3)21-10-11-22-20-9-8-18-16-19(26-7-2)12-14-24(18,4)23(20)13-15-25(21,22)5/h8,17,19-23H,6-7,9-16H2,1-5H3/t17-,19-,20-,21+,22-,23-,24-,25+/m0/s1. The largest absolute Gasteiger partial charge is 0.378 e. The van der Waals surface area contributed by atoms with Crippen molar-refractivity contribution in [3.63, 3.8) is 0 Å². The molecule has 4 aliphatic rings. The minimum absolute atomic E-state index is 0.478. The van der Waals surface area contributed by atoms with E-state index in [1.165, 1.54) is 57.8 Å². The predicted octanol–water partition coefficient (Wildman–Crippen LogP) is 7.02. The van der Waals surface area contributed by atoms with Crippen LogP contribution in [0.2, 0.25) is 0 Å². The Morgan fingerprint density at radius 3 is 2.62 bits per heavy atom. The average Bonchev–Trinajstić information content (AvgIpc) is 2.99. The molecule has 0 amide bonds. The van der Waals surface area contributed by atoms with Crippen LogP contribution in [0.25, 0.3) is 0 Å². The number of ether oxygens (including phenoxy) is 1. The van der Waals surface area contributed by atoms with Gasteiger partial charge in [-0.15, -0.1) is 0 Å². The van der Waals surface area contributed by atoms with E-state index in [0.717, 1.165) is 36.2 Å². The first-order chi connectivity index (χ1) is 12.4. The highest BCUT2D eigenvalue weighted by atomic mass is 16.5. The van der Waals surface area contributed by atoms with Crippen molar-refractivity contribution in [1.29, 1.82) is 0 Å². The van der Waals surface area contributed by atoms with Gasteiger partial charge in [-0.2, -0.15) is 0 Å². The predicted molar refractivity (Wildman–Crippen MR) is 110 cm³/mol. The summed E-state index contributed by atoms with van der Waals surface area (Å²) in [6.45, 7) is 13.3. The van der Waals surface area contributed by atoms with E-state index in [1.807, 2.05) is 0 Å². The Morgan fingerprint density at radius 2 is 1.88 bits per heavy atom. The lowest BCUT2D eigenvalue weighted by Crippen LogP contribution is -2.51. The molecule has 0 aromatic carbocycles. The molecule has 0 N–H and O–H groups in total. The quantitative estimate of drug-likeness (QED) is 0.491. The maximum atomic E-state index is 6.01. The molecular weight excluding hydrogens is 316 g/mol. The topological polar surface area (TPSA) is 9.23 Å². The Kier molecular flexibility index (Phi) is 5.08. The van der Waals surface area contributed by atoms with E-state index < -0.39 is 0 Å². The highest BCUT2D eigenvalue weighted by Gasteiger charge is 2.59. The van der Waals surface area contributed by atoms with Gasteiger partial charge in [0.2, 0.25) is 0 Å². The minimum atomic E-state index is 0.478. The molecule has 0 unspecified atom stereocenters. The number of hydrogen-bond acceptors (Lipinski definition) is 1. The fraction of sp³-hybridized carbons (Fsp3) is 0.920. The van der Waals surface area contributed by atoms with Crippen molar-refractivity contribution >= 4 is 0 Å². The lowest BCUT2D eigenvalue weighted by atomic mass is 9.47. The smallest absolute Gasteiger partial charge is 0.0612 e. The van der Waals surface area contributed by atoms with Crippen LogP contribution in [-0.2, 0) is 4.74 Å². The molecule has 148 valence electrons. The van der Waals surface area contributed by atoms with Crippen LogP contribution in [0.4, 0.5) is 0 Å². The summed E-state index contributed by atoms with van der Waals surface area (Å²) in [6.07, 6.45) is 15.7. The van der Waals surface area contributed by atoms with Crippen LogP contribution in [0, 0.1) is 40.4 Å². The first-order valence-corrected chi connectivity index (χ1v) is 11.7. The number of rotatable bonds is 4. The zero-order valence-electron chi connectivity index (χ0n) is 18.0. The molecule has 0 radical (unpaired) electrons. The minimum Gasteiger partial charge on any atom is -0.378 e. The molecule has 0 aromatic rings. The molecule has 0 heterocycles. The van der Waals surface area contributed by atoms with Gasteiger partial charge in [-0.05, 0) is 98.7 Å². The maximum Gasteiger partial charge on any atom is 0.0612 e. The summed E-state index contributed by atoms with van der Waals surface area (Å²) in [5.41, 5.74) is 2.87. The Labute approximate surface area is 162 Å². The van der Waals surface area contributed by atoms with E-state index in [4.69, 9.17) is 4.74 Å². The third-order valence-corrected chi connectivity index (χ3v) is 9.87. The number of hydrogen-bond donors (Lipinski definition) is 0. The zero-order valence-corrected chi connectivity index (χ0v) is 18.0. The summed E-state index contributed by atoms with van der Waals surface area (Å²) < 4.78 is 6.01.